The summed E-state index contributed by atoms with van der Waals surface area (Å²) in [5.74, 6) is -0.225. The van der Waals surface area contributed by atoms with Crippen LogP contribution in [-0.4, -0.2) is 22.1 Å². The Morgan fingerprint density at radius 1 is 1.35 bits per heavy atom. The second-order valence-corrected chi connectivity index (χ2v) is 6.27. The maximum Gasteiger partial charge on any atom is 0.337 e. The molecule has 0 fully saturated rings. The van der Waals surface area contributed by atoms with Crippen LogP contribution in [0, 0.1) is 13.8 Å². The normalized spacial score (nSPS) is 12.2. The number of nitrogens with zero attached hydrogens (tertiary/aromatic N) is 1. The molecule has 1 unspecified atom stereocenters. The summed E-state index contributed by atoms with van der Waals surface area (Å²) in [5.41, 5.74) is 0.777. The number of rotatable bonds is 5. The Kier molecular flexibility index (Phi) is 4.39. The molecule has 20 heavy (non-hydrogen) atoms. The fraction of sp³-hybridized carbons (Fsp3) is 0.333. The minimum absolute atomic E-state index is 0.246. The van der Waals surface area contributed by atoms with Crippen molar-refractivity contribution >= 4 is 23.1 Å². The molecule has 2 rings (SSSR count). The Morgan fingerprint density at radius 3 is 2.65 bits per heavy atom. The zero-order valence-electron chi connectivity index (χ0n) is 11.8. The smallest absolute Gasteiger partial charge is 0.337 e. The first-order chi connectivity index (χ1) is 9.45. The van der Waals surface area contributed by atoms with Crippen LogP contribution in [0.1, 0.15) is 32.7 Å². The number of hydrogen-bond donors (Lipinski definition) is 2. The zero-order chi connectivity index (χ0) is 14.7. The predicted molar refractivity (Wildman–Crippen MR) is 81.8 cm³/mol. The van der Waals surface area contributed by atoms with Gasteiger partial charge in [-0.1, -0.05) is 0 Å². The van der Waals surface area contributed by atoms with Crippen molar-refractivity contribution in [1.82, 2.24) is 4.98 Å². The van der Waals surface area contributed by atoms with Gasteiger partial charge in [0.05, 0.1) is 11.3 Å². The zero-order valence-corrected chi connectivity index (χ0v) is 12.6. The largest absolute Gasteiger partial charge is 0.478 e. The molecule has 106 valence electrons. The number of carbonyl (C=O) groups is 1. The summed E-state index contributed by atoms with van der Waals surface area (Å²) in [7, 11) is 0. The van der Waals surface area contributed by atoms with E-state index in [0.717, 1.165) is 6.42 Å². The Labute approximate surface area is 122 Å². The lowest BCUT2D eigenvalue weighted by molar-refractivity contribution is 0.0695. The maximum absolute atomic E-state index is 10.9. The highest BCUT2D eigenvalue weighted by atomic mass is 32.1. The Bertz CT molecular complexity index is 622. The summed E-state index contributed by atoms with van der Waals surface area (Å²) in [4.78, 5) is 17.9. The van der Waals surface area contributed by atoms with Gasteiger partial charge in [0.2, 0.25) is 0 Å². The van der Waals surface area contributed by atoms with E-state index in [1.165, 1.54) is 9.75 Å². The minimum Gasteiger partial charge on any atom is -0.478 e. The molecule has 0 aliphatic rings. The van der Waals surface area contributed by atoms with Crippen molar-refractivity contribution in [3.05, 3.63) is 45.3 Å². The molecule has 2 N–H and O–H groups in total. The second kappa shape index (κ2) is 6.05. The van der Waals surface area contributed by atoms with Crippen molar-refractivity contribution in [2.75, 3.05) is 5.32 Å². The first kappa shape index (κ1) is 14.5. The first-order valence-electron chi connectivity index (χ1n) is 6.48. The van der Waals surface area contributed by atoms with Gasteiger partial charge in [-0.05, 0) is 45.0 Å². The third-order valence-electron chi connectivity index (χ3n) is 3.01. The van der Waals surface area contributed by atoms with Gasteiger partial charge in [0.15, 0.2) is 0 Å². The van der Waals surface area contributed by atoms with E-state index in [0.29, 0.717) is 11.5 Å². The average Bonchev–Trinajstić information content (AvgIpc) is 2.74. The fourth-order valence-corrected chi connectivity index (χ4v) is 3.09. The minimum atomic E-state index is -0.941. The summed E-state index contributed by atoms with van der Waals surface area (Å²) >= 11 is 1.80. The van der Waals surface area contributed by atoms with Crippen LogP contribution in [0.15, 0.2) is 24.3 Å². The standard InChI is InChI=1S/C15H18N2O2S/c1-9(8-12-5-4-10(2)20-12)16-14-7-6-13(15(18)19)11(3)17-14/h4-7,9H,8H2,1-3H3,(H,16,17)(H,18,19). The van der Waals surface area contributed by atoms with Crippen LogP contribution in [0.3, 0.4) is 0 Å². The van der Waals surface area contributed by atoms with Gasteiger partial charge in [-0.15, -0.1) is 11.3 Å². The average molecular weight is 290 g/mol. The topological polar surface area (TPSA) is 62.2 Å². The lowest BCUT2D eigenvalue weighted by Crippen LogP contribution is -2.18. The van der Waals surface area contributed by atoms with Crippen LogP contribution in [0.4, 0.5) is 5.82 Å². The molecule has 0 spiro atoms. The third kappa shape index (κ3) is 3.57. The lowest BCUT2D eigenvalue weighted by Gasteiger charge is -2.14. The number of hydrogen-bond acceptors (Lipinski definition) is 4. The van der Waals surface area contributed by atoms with Crippen molar-refractivity contribution in [3.8, 4) is 0 Å². The predicted octanol–water partition coefficient (Wildman–Crippen LogP) is 3.50. The van der Waals surface area contributed by atoms with E-state index in [9.17, 15) is 4.79 Å². The number of aromatic carboxylic acids is 1. The molecule has 0 saturated heterocycles. The van der Waals surface area contributed by atoms with Crippen molar-refractivity contribution in [2.24, 2.45) is 0 Å². The highest BCUT2D eigenvalue weighted by molar-refractivity contribution is 7.11. The number of thiophene rings is 1. The van der Waals surface area contributed by atoms with Gasteiger partial charge in [0.1, 0.15) is 5.82 Å². The summed E-state index contributed by atoms with van der Waals surface area (Å²) < 4.78 is 0. The number of carboxylic acid groups (broad SMARTS) is 1. The molecule has 0 amide bonds. The molecule has 2 aromatic rings. The molecule has 0 radical (unpaired) electrons. The van der Waals surface area contributed by atoms with E-state index in [2.05, 4.69) is 36.3 Å². The molecule has 0 saturated carbocycles. The van der Waals surface area contributed by atoms with Gasteiger partial charge in [0.25, 0.3) is 0 Å². The van der Waals surface area contributed by atoms with Gasteiger partial charge >= 0.3 is 5.97 Å². The van der Waals surface area contributed by atoms with E-state index >= 15 is 0 Å². The van der Waals surface area contributed by atoms with E-state index in [1.54, 1.807) is 30.4 Å². The highest BCUT2D eigenvalue weighted by Crippen LogP contribution is 2.18. The maximum atomic E-state index is 10.9. The molecule has 0 aromatic carbocycles. The monoisotopic (exact) mass is 290 g/mol. The molecule has 0 bridgehead atoms. The second-order valence-electron chi connectivity index (χ2n) is 4.90. The Hall–Kier alpha value is -1.88. The van der Waals surface area contributed by atoms with Crippen LogP contribution < -0.4 is 5.32 Å². The van der Waals surface area contributed by atoms with E-state index in [4.69, 9.17) is 5.11 Å². The van der Waals surface area contributed by atoms with Crippen LogP contribution in [0.25, 0.3) is 0 Å². The number of aromatic nitrogens is 1. The first-order valence-corrected chi connectivity index (χ1v) is 7.30. The number of carboxylic acids is 1. The van der Waals surface area contributed by atoms with Crippen molar-refractivity contribution in [3.63, 3.8) is 0 Å². The van der Waals surface area contributed by atoms with Crippen molar-refractivity contribution < 1.29 is 9.90 Å². The Balaban J connectivity index is 2.02. The molecule has 5 heteroatoms. The van der Waals surface area contributed by atoms with Gasteiger partial charge in [-0.25, -0.2) is 9.78 Å². The number of anilines is 1. The molecule has 0 aliphatic carbocycles. The SMILES string of the molecule is Cc1ccc(CC(C)Nc2ccc(C(=O)O)c(C)n2)s1. The molecule has 4 nitrogen and oxygen atoms in total. The third-order valence-corrected chi connectivity index (χ3v) is 4.04. The Morgan fingerprint density at radius 2 is 2.10 bits per heavy atom. The quantitative estimate of drug-likeness (QED) is 0.884. The van der Waals surface area contributed by atoms with Gasteiger partial charge in [-0.2, -0.15) is 0 Å². The number of aryl methyl sites for hydroxylation is 2. The van der Waals surface area contributed by atoms with E-state index in [-0.39, 0.29) is 11.6 Å². The lowest BCUT2D eigenvalue weighted by atomic mass is 10.2. The molecular formula is C15H18N2O2S. The van der Waals surface area contributed by atoms with Crippen LogP contribution in [0.5, 0.6) is 0 Å². The van der Waals surface area contributed by atoms with Gasteiger partial charge < -0.3 is 10.4 Å². The summed E-state index contributed by atoms with van der Waals surface area (Å²) in [6.07, 6.45) is 0.930. The molecule has 2 aromatic heterocycles. The number of pyridine rings is 1. The van der Waals surface area contributed by atoms with E-state index < -0.39 is 5.97 Å². The summed E-state index contributed by atoms with van der Waals surface area (Å²) in [5, 5.41) is 12.3. The number of nitrogens with one attached hydrogen (secondary N) is 1. The van der Waals surface area contributed by atoms with Crippen LogP contribution in [-0.2, 0) is 6.42 Å². The molecular weight excluding hydrogens is 272 g/mol. The van der Waals surface area contributed by atoms with E-state index in [1.807, 2.05) is 0 Å². The summed E-state index contributed by atoms with van der Waals surface area (Å²) in [6.45, 7) is 5.90. The van der Waals surface area contributed by atoms with Gasteiger partial charge in [0, 0.05) is 22.2 Å². The van der Waals surface area contributed by atoms with Gasteiger partial charge in [-0.3, -0.25) is 0 Å². The molecule has 0 aliphatic heterocycles. The molecule has 1 atom stereocenters. The highest BCUT2D eigenvalue weighted by Gasteiger charge is 2.10. The summed E-state index contributed by atoms with van der Waals surface area (Å²) in [6, 6.07) is 7.82. The van der Waals surface area contributed by atoms with Crippen LogP contribution in [0.2, 0.25) is 0 Å². The van der Waals surface area contributed by atoms with Crippen LogP contribution >= 0.6 is 11.3 Å². The fourth-order valence-electron chi connectivity index (χ4n) is 2.07. The van der Waals surface area contributed by atoms with Crippen molar-refractivity contribution in [2.45, 2.75) is 33.2 Å². The molecule has 2 heterocycles. The van der Waals surface area contributed by atoms with Crippen molar-refractivity contribution in [1.29, 1.82) is 0 Å².